The van der Waals surface area contributed by atoms with Gasteiger partial charge in [-0.1, -0.05) is 0 Å². The van der Waals surface area contributed by atoms with Crippen molar-refractivity contribution in [2.75, 3.05) is 0 Å². The molecule has 0 radical (unpaired) electrons. The molecule has 0 saturated heterocycles. The molecule has 0 aliphatic rings. The SMILES string of the molecule is O=C(O)c1ccc(S(=O)(=O)[N-]S(=O)(=O)c2ccc(C(=O)O)cc2)cc1.[Li+]. The van der Waals surface area contributed by atoms with Crippen molar-refractivity contribution in [2.24, 2.45) is 0 Å². The average molecular weight is 391 g/mol. The van der Waals surface area contributed by atoms with Gasteiger partial charge in [-0.2, -0.15) is 0 Å². The minimum absolute atomic E-state index is 0. The molecule has 12 heteroatoms. The van der Waals surface area contributed by atoms with Gasteiger partial charge in [-0.3, -0.25) is 0 Å². The summed E-state index contributed by atoms with van der Waals surface area (Å²) in [4.78, 5) is 20.5. The van der Waals surface area contributed by atoms with Gasteiger partial charge >= 0.3 is 30.8 Å². The minimum Gasteiger partial charge on any atom is -0.478 e. The Morgan fingerprint density at radius 1 is 0.654 bits per heavy atom. The Hall–Kier alpha value is -2.16. The van der Waals surface area contributed by atoms with E-state index in [2.05, 4.69) is 4.13 Å². The van der Waals surface area contributed by atoms with Crippen molar-refractivity contribution >= 4 is 32.0 Å². The number of benzene rings is 2. The van der Waals surface area contributed by atoms with Crippen molar-refractivity contribution in [2.45, 2.75) is 9.79 Å². The Morgan fingerprint density at radius 3 is 1.15 bits per heavy atom. The van der Waals surface area contributed by atoms with Gasteiger partial charge in [0.05, 0.1) is 11.1 Å². The van der Waals surface area contributed by atoms with Crippen LogP contribution in [0.15, 0.2) is 58.3 Å². The van der Waals surface area contributed by atoms with Gasteiger partial charge < -0.3 is 14.3 Å². The van der Waals surface area contributed by atoms with E-state index < -0.39 is 41.8 Å². The van der Waals surface area contributed by atoms with Crippen LogP contribution >= 0.6 is 0 Å². The smallest absolute Gasteiger partial charge is 0.478 e. The Labute approximate surface area is 160 Å². The third-order valence-electron chi connectivity index (χ3n) is 2.99. The summed E-state index contributed by atoms with van der Waals surface area (Å²) in [6.07, 6.45) is 0. The largest absolute Gasteiger partial charge is 1.00 e. The van der Waals surface area contributed by atoms with Crippen LogP contribution in [-0.2, 0) is 20.0 Å². The Bertz CT molecular complexity index is 944. The number of carbonyl (C=O) groups is 2. The van der Waals surface area contributed by atoms with Crippen molar-refractivity contribution in [3.63, 3.8) is 0 Å². The quantitative estimate of drug-likeness (QED) is 0.566. The van der Waals surface area contributed by atoms with Crippen LogP contribution < -0.4 is 18.9 Å². The van der Waals surface area contributed by atoms with E-state index in [1.54, 1.807) is 0 Å². The zero-order valence-corrected chi connectivity index (χ0v) is 14.9. The monoisotopic (exact) mass is 391 g/mol. The summed E-state index contributed by atoms with van der Waals surface area (Å²) < 4.78 is 51.2. The number of hydrogen-bond acceptors (Lipinski definition) is 6. The molecule has 9 nitrogen and oxygen atoms in total. The summed E-state index contributed by atoms with van der Waals surface area (Å²) in [5.41, 5.74) is -0.350. The molecule has 0 atom stereocenters. The van der Waals surface area contributed by atoms with E-state index in [4.69, 9.17) is 10.2 Å². The van der Waals surface area contributed by atoms with Crippen molar-refractivity contribution in [1.82, 2.24) is 0 Å². The summed E-state index contributed by atoms with van der Waals surface area (Å²) in [6.45, 7) is 0. The van der Waals surface area contributed by atoms with Crippen LogP contribution in [0.1, 0.15) is 20.7 Å². The second-order valence-corrected chi connectivity index (χ2v) is 8.12. The molecule has 0 bridgehead atoms. The predicted molar refractivity (Wildman–Crippen MR) is 84.5 cm³/mol. The van der Waals surface area contributed by atoms with Crippen molar-refractivity contribution in [1.29, 1.82) is 0 Å². The number of hydrogen-bond donors (Lipinski definition) is 2. The van der Waals surface area contributed by atoms with Crippen molar-refractivity contribution in [3.05, 3.63) is 63.8 Å². The van der Waals surface area contributed by atoms with Crippen LogP contribution in [0.25, 0.3) is 4.13 Å². The minimum atomic E-state index is -4.61. The summed E-state index contributed by atoms with van der Waals surface area (Å²) >= 11 is 0. The molecule has 2 rings (SSSR count). The van der Waals surface area contributed by atoms with E-state index in [1.807, 2.05) is 0 Å². The summed E-state index contributed by atoms with van der Waals surface area (Å²) in [7, 11) is -9.21. The number of sulfonamides is 2. The van der Waals surface area contributed by atoms with E-state index in [9.17, 15) is 26.4 Å². The van der Waals surface area contributed by atoms with Crippen LogP contribution in [0.2, 0.25) is 0 Å². The fourth-order valence-corrected chi connectivity index (χ4v) is 4.44. The molecule has 2 aromatic rings. The molecular formula is C14H10LiNO8S2. The van der Waals surface area contributed by atoms with E-state index in [-0.39, 0.29) is 30.0 Å². The molecule has 0 aromatic heterocycles. The zero-order chi connectivity index (χ0) is 18.8. The number of rotatable bonds is 6. The molecule has 26 heavy (non-hydrogen) atoms. The van der Waals surface area contributed by atoms with E-state index in [1.165, 1.54) is 0 Å². The van der Waals surface area contributed by atoms with Gasteiger partial charge in [0.1, 0.15) is 20.0 Å². The maximum absolute atomic E-state index is 12.1. The third-order valence-corrected chi connectivity index (χ3v) is 6.30. The molecule has 0 amide bonds. The fourth-order valence-electron chi connectivity index (χ4n) is 1.75. The van der Waals surface area contributed by atoms with Crippen molar-refractivity contribution in [3.8, 4) is 0 Å². The zero-order valence-electron chi connectivity index (χ0n) is 13.2. The standard InChI is InChI=1S/C14H10NO8S2.Li/c16-13(17)9-1-5-11(6-2-9)24(20,21)15-25(22,23)12-7-3-10(4-8-12)14(18)19;/h1-8H,(H,16,17)(H,18,19);/q-1;+1. The molecule has 0 aliphatic carbocycles. The topological polar surface area (TPSA) is 157 Å². The molecule has 0 heterocycles. The summed E-state index contributed by atoms with van der Waals surface area (Å²) in [6, 6.07) is 7.68. The first-order valence-corrected chi connectivity index (χ1v) is 9.32. The van der Waals surface area contributed by atoms with Crippen LogP contribution in [-0.4, -0.2) is 39.0 Å². The van der Waals surface area contributed by atoms with Crippen LogP contribution in [0.4, 0.5) is 0 Å². The van der Waals surface area contributed by atoms with Gasteiger partial charge in [0, 0.05) is 9.79 Å². The molecule has 0 spiro atoms. The normalized spacial score (nSPS) is 11.4. The maximum atomic E-state index is 12.1. The number of nitrogens with zero attached hydrogens (tertiary/aromatic N) is 1. The Morgan fingerprint density at radius 2 is 0.923 bits per heavy atom. The second kappa shape index (κ2) is 8.03. The van der Waals surface area contributed by atoms with Crippen LogP contribution in [0, 0.1) is 0 Å². The van der Waals surface area contributed by atoms with Crippen LogP contribution in [0.5, 0.6) is 0 Å². The first-order chi connectivity index (χ1) is 11.5. The van der Waals surface area contributed by atoms with Gasteiger partial charge in [0.2, 0.25) is 0 Å². The van der Waals surface area contributed by atoms with Crippen LogP contribution in [0.3, 0.4) is 0 Å². The first kappa shape index (κ1) is 21.9. The first-order valence-electron chi connectivity index (χ1n) is 6.44. The second-order valence-electron chi connectivity index (χ2n) is 4.68. The predicted octanol–water partition coefficient (Wildman–Crippen LogP) is -1.46. The molecule has 0 fully saturated rings. The molecular weight excluding hydrogens is 381 g/mol. The van der Waals surface area contributed by atoms with Gasteiger partial charge in [-0.05, 0) is 48.5 Å². The molecule has 0 saturated carbocycles. The Kier molecular flexibility index (Phi) is 6.75. The fraction of sp³-hybridized carbons (Fsp3) is 0. The average Bonchev–Trinajstić information content (AvgIpc) is 2.54. The maximum Gasteiger partial charge on any atom is 1.00 e. The molecule has 0 aliphatic heterocycles. The Balaban J connectivity index is 0.00000338. The molecule has 2 N–H and O–H groups in total. The van der Waals surface area contributed by atoms with E-state index in [0.717, 1.165) is 48.5 Å². The van der Waals surface area contributed by atoms with Gasteiger partial charge in [0.25, 0.3) is 0 Å². The summed E-state index contributed by atoms with van der Waals surface area (Å²) in [5, 5.41) is 17.5. The van der Waals surface area contributed by atoms with Gasteiger partial charge in [-0.15, -0.1) is 0 Å². The number of carboxylic acids is 2. The summed E-state index contributed by atoms with van der Waals surface area (Å²) in [5.74, 6) is -2.54. The number of aromatic carboxylic acids is 2. The molecule has 2 aromatic carbocycles. The molecule has 132 valence electrons. The van der Waals surface area contributed by atoms with E-state index >= 15 is 0 Å². The number of carboxylic acid groups (broad SMARTS) is 2. The van der Waals surface area contributed by atoms with Gasteiger partial charge in [0.15, 0.2) is 0 Å². The molecule has 0 unspecified atom stereocenters. The third kappa shape index (κ3) is 4.93. The van der Waals surface area contributed by atoms with E-state index in [0.29, 0.717) is 0 Å². The van der Waals surface area contributed by atoms with Crippen molar-refractivity contribution < 1.29 is 55.5 Å². The van der Waals surface area contributed by atoms with Gasteiger partial charge in [-0.25, -0.2) is 26.4 Å².